The first-order valence-corrected chi connectivity index (χ1v) is 8.54. The molecule has 0 atom stereocenters. The zero-order valence-electron chi connectivity index (χ0n) is 12.5. The lowest BCUT2D eigenvalue weighted by Gasteiger charge is -2.07. The molecular formula is C16H14N4O3S. The Hall–Kier alpha value is -3.00. The van der Waals surface area contributed by atoms with E-state index in [1.165, 1.54) is 24.3 Å². The van der Waals surface area contributed by atoms with Gasteiger partial charge in [-0.25, -0.2) is 4.98 Å². The first kappa shape index (κ1) is 15.9. The molecule has 0 saturated heterocycles. The normalized spacial score (nSPS) is 11.2. The van der Waals surface area contributed by atoms with Crippen molar-refractivity contribution in [2.24, 2.45) is 0 Å². The monoisotopic (exact) mass is 342 g/mol. The van der Waals surface area contributed by atoms with Crippen LogP contribution in [-0.4, -0.2) is 28.5 Å². The van der Waals surface area contributed by atoms with Crippen molar-refractivity contribution < 1.29 is 13.2 Å². The largest absolute Gasteiger partial charge is 0.348 e. The van der Waals surface area contributed by atoms with Crippen LogP contribution in [0.15, 0.2) is 72.1 Å². The molecule has 24 heavy (non-hydrogen) atoms. The van der Waals surface area contributed by atoms with E-state index in [0.717, 1.165) is 22.3 Å². The summed E-state index contributed by atoms with van der Waals surface area (Å²) in [6.45, 7) is 0.401. The molecule has 7 nitrogen and oxygen atoms in total. The number of hydrogen-bond acceptors (Lipinski definition) is 5. The van der Waals surface area contributed by atoms with Crippen LogP contribution in [0.4, 0.5) is 0 Å². The third kappa shape index (κ3) is 3.33. The van der Waals surface area contributed by atoms with Crippen LogP contribution in [0.1, 0.15) is 15.9 Å². The van der Waals surface area contributed by atoms with E-state index in [4.69, 9.17) is 0 Å². The quantitative estimate of drug-likeness (QED) is 0.757. The van der Waals surface area contributed by atoms with Gasteiger partial charge in [0.1, 0.15) is 12.7 Å². The predicted octanol–water partition coefficient (Wildman–Crippen LogP) is 1.45. The van der Waals surface area contributed by atoms with Gasteiger partial charge in [-0.3, -0.25) is 4.79 Å². The van der Waals surface area contributed by atoms with Gasteiger partial charge in [0.2, 0.25) is 0 Å². The maximum Gasteiger partial charge on any atom is 0.284 e. The first-order chi connectivity index (χ1) is 11.6. The second-order valence-electron chi connectivity index (χ2n) is 4.97. The maximum atomic E-state index is 12.2. The Balaban J connectivity index is 1.71. The molecule has 0 aliphatic carbocycles. The highest BCUT2D eigenvalue weighted by atomic mass is 32.2. The summed E-state index contributed by atoms with van der Waals surface area (Å²) in [5.74, 6) is -0.274. The summed E-state index contributed by atoms with van der Waals surface area (Å²) in [6, 6.07) is 15.2. The van der Waals surface area contributed by atoms with E-state index in [2.05, 4.69) is 15.4 Å². The lowest BCUT2D eigenvalue weighted by molar-refractivity contribution is 0.0951. The maximum absolute atomic E-state index is 12.2. The molecule has 8 heteroatoms. The Bertz CT molecular complexity index is 921. The Morgan fingerprint density at radius 2 is 1.75 bits per heavy atom. The highest BCUT2D eigenvalue weighted by molar-refractivity contribution is 7.89. The third-order valence-corrected chi connectivity index (χ3v) is 4.90. The summed E-state index contributed by atoms with van der Waals surface area (Å²) in [5.41, 5.74) is 1.36. The van der Waals surface area contributed by atoms with Gasteiger partial charge in [-0.2, -0.15) is 8.42 Å². The predicted molar refractivity (Wildman–Crippen MR) is 86.7 cm³/mol. The van der Waals surface area contributed by atoms with Crippen LogP contribution in [0.5, 0.6) is 0 Å². The number of nitrogens with zero attached hydrogens (tertiary/aromatic N) is 3. The topological polar surface area (TPSA) is 94.0 Å². The molecule has 3 aromatic rings. The lowest BCUT2D eigenvalue weighted by atomic mass is 10.2. The number of hydrogen-bond donors (Lipinski definition) is 1. The zero-order chi connectivity index (χ0) is 17.0. The van der Waals surface area contributed by atoms with Gasteiger partial charge in [0, 0.05) is 12.1 Å². The van der Waals surface area contributed by atoms with Crippen LogP contribution in [0.3, 0.4) is 0 Å². The molecule has 1 heterocycles. The fourth-order valence-corrected chi connectivity index (χ4v) is 3.13. The van der Waals surface area contributed by atoms with Crippen molar-refractivity contribution in [3.05, 3.63) is 78.4 Å². The molecule has 0 aliphatic rings. The highest BCUT2D eigenvalue weighted by Gasteiger charge is 2.18. The summed E-state index contributed by atoms with van der Waals surface area (Å²) in [7, 11) is -3.78. The average Bonchev–Trinajstić information content (AvgIpc) is 3.16. The number of amides is 1. The summed E-state index contributed by atoms with van der Waals surface area (Å²) in [4.78, 5) is 15.8. The van der Waals surface area contributed by atoms with Crippen molar-refractivity contribution in [3.8, 4) is 0 Å². The van der Waals surface area contributed by atoms with E-state index in [1.54, 1.807) is 0 Å². The van der Waals surface area contributed by atoms with E-state index >= 15 is 0 Å². The summed E-state index contributed by atoms with van der Waals surface area (Å²) in [6.07, 6.45) is 2.25. The van der Waals surface area contributed by atoms with E-state index < -0.39 is 10.0 Å². The molecule has 0 spiro atoms. The van der Waals surface area contributed by atoms with Gasteiger partial charge in [-0.15, -0.1) is 9.19 Å². The minimum Gasteiger partial charge on any atom is -0.348 e. The molecule has 1 N–H and O–H groups in total. The molecule has 0 radical (unpaired) electrons. The van der Waals surface area contributed by atoms with Gasteiger partial charge in [0.15, 0.2) is 0 Å². The minimum absolute atomic E-state index is 0.0348. The van der Waals surface area contributed by atoms with Crippen LogP contribution in [0, 0.1) is 0 Å². The lowest BCUT2D eigenvalue weighted by Crippen LogP contribution is -2.22. The highest BCUT2D eigenvalue weighted by Crippen LogP contribution is 2.13. The second-order valence-corrected chi connectivity index (χ2v) is 6.76. The molecule has 1 amide bonds. The van der Waals surface area contributed by atoms with Crippen LogP contribution in [0.25, 0.3) is 0 Å². The number of carbonyl (C=O) groups is 1. The van der Waals surface area contributed by atoms with Crippen molar-refractivity contribution in [1.82, 2.24) is 19.5 Å². The fraction of sp³-hybridized carbons (Fsp3) is 0.0625. The Labute approximate surface area is 139 Å². The van der Waals surface area contributed by atoms with Crippen LogP contribution in [0.2, 0.25) is 0 Å². The van der Waals surface area contributed by atoms with Crippen molar-refractivity contribution in [3.63, 3.8) is 0 Å². The molecule has 0 saturated carbocycles. The number of rotatable bonds is 5. The third-order valence-electron chi connectivity index (χ3n) is 3.35. The Morgan fingerprint density at radius 1 is 1.04 bits per heavy atom. The molecule has 0 bridgehead atoms. The molecule has 1 aromatic heterocycles. The molecular weight excluding hydrogens is 328 g/mol. The average molecular weight is 342 g/mol. The van der Waals surface area contributed by atoms with Gasteiger partial charge < -0.3 is 5.32 Å². The van der Waals surface area contributed by atoms with Gasteiger partial charge in [0.25, 0.3) is 15.9 Å². The molecule has 0 aliphatic heterocycles. The van der Waals surface area contributed by atoms with Crippen LogP contribution < -0.4 is 5.32 Å². The van der Waals surface area contributed by atoms with Crippen molar-refractivity contribution >= 4 is 15.9 Å². The summed E-state index contributed by atoms with van der Waals surface area (Å²) < 4.78 is 25.3. The van der Waals surface area contributed by atoms with Gasteiger partial charge in [0.05, 0.1) is 4.90 Å². The number of nitrogens with one attached hydrogen (secondary N) is 1. The van der Waals surface area contributed by atoms with Crippen LogP contribution in [-0.2, 0) is 16.6 Å². The van der Waals surface area contributed by atoms with E-state index in [9.17, 15) is 13.2 Å². The summed E-state index contributed by atoms with van der Waals surface area (Å²) >= 11 is 0. The zero-order valence-corrected chi connectivity index (χ0v) is 13.3. The standard InChI is InChI=1S/C16H14N4O3S/c21-16(18-10-13-4-2-1-3-5-13)14-6-8-15(9-7-14)24(22,23)20-12-17-11-19-20/h1-9,11-12H,10H2,(H,18,21). The molecule has 0 fully saturated rings. The smallest absolute Gasteiger partial charge is 0.284 e. The van der Waals surface area contributed by atoms with E-state index in [1.807, 2.05) is 30.3 Å². The number of carbonyl (C=O) groups excluding carboxylic acids is 1. The fourth-order valence-electron chi connectivity index (χ4n) is 2.09. The van der Waals surface area contributed by atoms with Crippen LogP contribution >= 0.6 is 0 Å². The number of aromatic nitrogens is 3. The van der Waals surface area contributed by atoms with E-state index in [0.29, 0.717) is 12.1 Å². The molecule has 0 unspecified atom stereocenters. The second kappa shape index (κ2) is 6.63. The number of benzene rings is 2. The van der Waals surface area contributed by atoms with Crippen molar-refractivity contribution in [2.45, 2.75) is 11.4 Å². The summed E-state index contributed by atoms with van der Waals surface area (Å²) in [5, 5.41) is 6.41. The molecule has 3 rings (SSSR count). The SMILES string of the molecule is O=C(NCc1ccccc1)c1ccc(S(=O)(=O)n2cncn2)cc1. The van der Waals surface area contributed by atoms with Crippen molar-refractivity contribution in [2.75, 3.05) is 0 Å². The van der Waals surface area contributed by atoms with E-state index in [-0.39, 0.29) is 10.8 Å². The van der Waals surface area contributed by atoms with Crippen molar-refractivity contribution in [1.29, 1.82) is 0 Å². The van der Waals surface area contributed by atoms with Gasteiger partial charge >= 0.3 is 0 Å². The minimum atomic E-state index is -3.78. The molecule has 2 aromatic carbocycles. The van der Waals surface area contributed by atoms with Gasteiger partial charge in [-0.05, 0) is 29.8 Å². The van der Waals surface area contributed by atoms with Gasteiger partial charge in [-0.1, -0.05) is 30.3 Å². The first-order valence-electron chi connectivity index (χ1n) is 7.10. The molecule has 122 valence electrons. The Kier molecular flexibility index (Phi) is 4.39. The Morgan fingerprint density at radius 3 is 2.38 bits per heavy atom.